The molecule has 1 aliphatic heterocycles. The molecule has 1 aliphatic rings. The van der Waals surface area contributed by atoms with Crippen LogP contribution in [0.5, 0.6) is 0 Å². The van der Waals surface area contributed by atoms with Crippen LogP contribution in [0, 0.1) is 18.8 Å². The van der Waals surface area contributed by atoms with Crippen LogP contribution in [0.4, 0.5) is 0 Å². The van der Waals surface area contributed by atoms with Gasteiger partial charge in [0.1, 0.15) is 0 Å². The van der Waals surface area contributed by atoms with Gasteiger partial charge in [-0.3, -0.25) is 4.79 Å². The highest BCUT2D eigenvalue weighted by Crippen LogP contribution is 2.20. The average Bonchev–Trinajstić information content (AvgIpc) is 2.82. The van der Waals surface area contributed by atoms with Gasteiger partial charge in [-0.15, -0.1) is 11.3 Å². The van der Waals surface area contributed by atoms with Gasteiger partial charge < -0.3 is 10.2 Å². The Bertz CT molecular complexity index is 458. The fourth-order valence-electron chi connectivity index (χ4n) is 2.73. The molecule has 2 atom stereocenters. The Balaban J connectivity index is 1.84. The smallest absolute Gasteiger partial charge is 0.225 e. The van der Waals surface area contributed by atoms with E-state index >= 15 is 0 Å². The lowest BCUT2D eigenvalue weighted by atomic mass is 9.93. The van der Waals surface area contributed by atoms with Crippen LogP contribution in [0.3, 0.4) is 0 Å². The van der Waals surface area contributed by atoms with E-state index in [1.165, 1.54) is 4.88 Å². The summed E-state index contributed by atoms with van der Waals surface area (Å²) in [5.74, 6) is 0.889. The normalized spacial score (nSPS) is 23.4. The van der Waals surface area contributed by atoms with Gasteiger partial charge in [0.15, 0.2) is 0 Å². The maximum absolute atomic E-state index is 12.0. The molecule has 1 aromatic heterocycles. The van der Waals surface area contributed by atoms with Crippen molar-refractivity contribution in [1.82, 2.24) is 15.2 Å². The molecule has 5 heteroatoms. The van der Waals surface area contributed by atoms with E-state index in [1.807, 2.05) is 24.3 Å². The Morgan fingerprint density at radius 1 is 1.60 bits per heavy atom. The predicted molar refractivity (Wildman–Crippen MR) is 82.7 cm³/mol. The number of nitrogens with one attached hydrogen (secondary N) is 1. The fraction of sp³-hybridized carbons (Fsp3) is 0.733. The number of thiazole rings is 1. The summed E-state index contributed by atoms with van der Waals surface area (Å²) in [6.45, 7) is 10.9. The number of hydrogen-bond acceptors (Lipinski definition) is 4. The standard InChI is InChI=1S/C15H25N3OS/c1-10(2)15(19)18-6-5-13(11(3)8-18)16-7-14-12(4)17-9-20-14/h9-11,13,16H,5-8H2,1-4H3. The lowest BCUT2D eigenvalue weighted by Crippen LogP contribution is -2.50. The molecule has 1 amide bonds. The van der Waals surface area contributed by atoms with E-state index < -0.39 is 0 Å². The lowest BCUT2D eigenvalue weighted by molar-refractivity contribution is -0.136. The maximum atomic E-state index is 12.0. The van der Waals surface area contributed by atoms with E-state index in [1.54, 1.807) is 11.3 Å². The molecule has 0 saturated carbocycles. The number of piperidine rings is 1. The minimum absolute atomic E-state index is 0.103. The number of aryl methyl sites for hydroxylation is 1. The Morgan fingerprint density at radius 3 is 2.90 bits per heavy atom. The average molecular weight is 295 g/mol. The van der Waals surface area contributed by atoms with Crippen molar-refractivity contribution in [3.8, 4) is 0 Å². The number of carbonyl (C=O) groups excluding carboxylic acids is 1. The number of amides is 1. The number of rotatable bonds is 4. The first-order valence-corrected chi connectivity index (χ1v) is 8.28. The van der Waals surface area contributed by atoms with E-state index in [9.17, 15) is 4.79 Å². The number of aromatic nitrogens is 1. The summed E-state index contributed by atoms with van der Waals surface area (Å²) in [4.78, 5) is 19.7. The van der Waals surface area contributed by atoms with Crippen LogP contribution in [0.2, 0.25) is 0 Å². The van der Waals surface area contributed by atoms with E-state index in [0.717, 1.165) is 31.7 Å². The molecule has 1 saturated heterocycles. The molecule has 2 heterocycles. The highest BCUT2D eigenvalue weighted by atomic mass is 32.1. The molecule has 0 radical (unpaired) electrons. The summed E-state index contributed by atoms with van der Waals surface area (Å²) in [6, 6.07) is 0.493. The zero-order valence-electron chi connectivity index (χ0n) is 12.8. The second-order valence-corrected chi connectivity index (χ2v) is 6.99. The van der Waals surface area contributed by atoms with Gasteiger partial charge in [-0.2, -0.15) is 0 Å². The molecule has 4 nitrogen and oxygen atoms in total. The van der Waals surface area contributed by atoms with Crippen molar-refractivity contribution in [3.05, 3.63) is 16.1 Å². The third kappa shape index (κ3) is 3.58. The Kier molecular flexibility index (Phi) is 5.16. The van der Waals surface area contributed by atoms with E-state index in [-0.39, 0.29) is 11.8 Å². The van der Waals surface area contributed by atoms with Crippen LogP contribution in [-0.2, 0) is 11.3 Å². The van der Waals surface area contributed by atoms with Crippen molar-refractivity contribution >= 4 is 17.2 Å². The first kappa shape index (κ1) is 15.4. The molecule has 2 rings (SSSR count). The zero-order chi connectivity index (χ0) is 14.7. The Labute approximate surface area is 125 Å². The number of carbonyl (C=O) groups is 1. The quantitative estimate of drug-likeness (QED) is 0.928. The fourth-order valence-corrected chi connectivity index (χ4v) is 3.46. The summed E-state index contributed by atoms with van der Waals surface area (Å²) in [6.07, 6.45) is 1.04. The van der Waals surface area contributed by atoms with E-state index in [0.29, 0.717) is 12.0 Å². The van der Waals surface area contributed by atoms with Gasteiger partial charge in [-0.1, -0.05) is 20.8 Å². The van der Waals surface area contributed by atoms with Crippen molar-refractivity contribution < 1.29 is 4.79 Å². The topological polar surface area (TPSA) is 45.2 Å². The lowest BCUT2D eigenvalue weighted by Gasteiger charge is -2.38. The zero-order valence-corrected chi connectivity index (χ0v) is 13.7. The van der Waals surface area contributed by atoms with Crippen molar-refractivity contribution in [2.45, 2.75) is 46.7 Å². The summed E-state index contributed by atoms with van der Waals surface area (Å²) in [5.41, 5.74) is 3.03. The number of likely N-dealkylation sites (tertiary alicyclic amines) is 1. The molecule has 112 valence electrons. The third-order valence-corrected chi connectivity index (χ3v) is 5.02. The Hall–Kier alpha value is -0.940. The highest BCUT2D eigenvalue weighted by Gasteiger charge is 2.29. The predicted octanol–water partition coefficient (Wildman–Crippen LogP) is 2.43. The molecular formula is C15H25N3OS. The number of nitrogens with zero attached hydrogens (tertiary/aromatic N) is 2. The second kappa shape index (κ2) is 6.68. The SMILES string of the molecule is Cc1ncsc1CNC1CCN(C(=O)C(C)C)CC1C. The van der Waals surface area contributed by atoms with Crippen LogP contribution in [-0.4, -0.2) is 34.9 Å². The molecule has 0 aliphatic carbocycles. The number of hydrogen-bond donors (Lipinski definition) is 1. The van der Waals surface area contributed by atoms with Crippen LogP contribution in [0.1, 0.15) is 37.8 Å². The van der Waals surface area contributed by atoms with Gasteiger partial charge >= 0.3 is 0 Å². The monoisotopic (exact) mass is 295 g/mol. The van der Waals surface area contributed by atoms with Gasteiger partial charge in [-0.25, -0.2) is 4.98 Å². The molecular weight excluding hydrogens is 270 g/mol. The first-order chi connectivity index (χ1) is 9.49. The van der Waals surface area contributed by atoms with Gasteiger partial charge in [0.05, 0.1) is 11.2 Å². The summed E-state index contributed by atoms with van der Waals surface area (Å²) in [7, 11) is 0. The molecule has 1 aromatic rings. The summed E-state index contributed by atoms with van der Waals surface area (Å²) >= 11 is 1.71. The molecule has 20 heavy (non-hydrogen) atoms. The minimum atomic E-state index is 0.103. The molecule has 0 aromatic carbocycles. The van der Waals surface area contributed by atoms with Crippen LogP contribution in [0.25, 0.3) is 0 Å². The van der Waals surface area contributed by atoms with Crippen LogP contribution < -0.4 is 5.32 Å². The second-order valence-electron chi connectivity index (χ2n) is 6.05. The highest BCUT2D eigenvalue weighted by molar-refractivity contribution is 7.09. The van der Waals surface area contributed by atoms with Crippen LogP contribution in [0.15, 0.2) is 5.51 Å². The largest absolute Gasteiger partial charge is 0.342 e. The van der Waals surface area contributed by atoms with Crippen molar-refractivity contribution in [2.75, 3.05) is 13.1 Å². The molecule has 0 spiro atoms. The molecule has 1 N–H and O–H groups in total. The summed E-state index contributed by atoms with van der Waals surface area (Å²) < 4.78 is 0. The van der Waals surface area contributed by atoms with Crippen LogP contribution >= 0.6 is 11.3 Å². The molecule has 0 bridgehead atoms. The maximum Gasteiger partial charge on any atom is 0.225 e. The van der Waals surface area contributed by atoms with Crippen molar-refractivity contribution in [2.24, 2.45) is 11.8 Å². The molecule has 1 fully saturated rings. The van der Waals surface area contributed by atoms with Gasteiger partial charge in [0.2, 0.25) is 5.91 Å². The van der Waals surface area contributed by atoms with Crippen molar-refractivity contribution in [1.29, 1.82) is 0 Å². The van der Waals surface area contributed by atoms with E-state index in [2.05, 4.69) is 24.1 Å². The minimum Gasteiger partial charge on any atom is -0.342 e. The van der Waals surface area contributed by atoms with Gasteiger partial charge in [0, 0.05) is 36.5 Å². The van der Waals surface area contributed by atoms with Gasteiger partial charge in [-0.05, 0) is 19.3 Å². The first-order valence-electron chi connectivity index (χ1n) is 7.40. The van der Waals surface area contributed by atoms with E-state index in [4.69, 9.17) is 0 Å². The van der Waals surface area contributed by atoms with Gasteiger partial charge in [0.25, 0.3) is 0 Å². The van der Waals surface area contributed by atoms with Crippen molar-refractivity contribution in [3.63, 3.8) is 0 Å². The third-order valence-electron chi connectivity index (χ3n) is 4.08. The summed E-state index contributed by atoms with van der Waals surface area (Å²) in [5, 5.41) is 3.64. The molecule has 2 unspecified atom stereocenters. The Morgan fingerprint density at radius 2 is 2.35 bits per heavy atom.